The smallest absolute Gasteiger partial charge is 0.261 e. The lowest BCUT2D eigenvalue weighted by Crippen LogP contribution is -2.21. The summed E-state index contributed by atoms with van der Waals surface area (Å²) in [6, 6.07) is 17.5. The van der Waals surface area contributed by atoms with E-state index in [4.69, 9.17) is 17.3 Å². The molecule has 5 rings (SSSR count). The van der Waals surface area contributed by atoms with Crippen molar-refractivity contribution in [3.8, 4) is 22.5 Å². The molecule has 0 aliphatic carbocycles. The highest BCUT2D eigenvalue weighted by molar-refractivity contribution is 7.17. The average molecular weight is 504 g/mol. The summed E-state index contributed by atoms with van der Waals surface area (Å²) in [5.41, 5.74) is 9.18. The van der Waals surface area contributed by atoms with Gasteiger partial charge in [0.1, 0.15) is 11.5 Å². The van der Waals surface area contributed by atoms with Crippen molar-refractivity contribution in [1.82, 2.24) is 29.9 Å². The lowest BCUT2D eigenvalue weighted by Gasteiger charge is -2.13. The third-order valence-electron chi connectivity index (χ3n) is 5.19. The van der Waals surface area contributed by atoms with Crippen LogP contribution in [0.4, 0.5) is 5.82 Å². The second kappa shape index (κ2) is 9.53. The number of carbonyl (C=O) groups is 1. The number of nitrogen functional groups attached to an aromatic ring is 1. The highest BCUT2D eigenvalue weighted by atomic mass is 35.5. The van der Waals surface area contributed by atoms with Gasteiger partial charge in [0.15, 0.2) is 0 Å². The minimum absolute atomic E-state index is 0.146. The van der Waals surface area contributed by atoms with Crippen LogP contribution in [-0.2, 0) is 6.54 Å². The van der Waals surface area contributed by atoms with Crippen molar-refractivity contribution in [3.63, 3.8) is 0 Å². The zero-order valence-corrected chi connectivity index (χ0v) is 19.7. The van der Waals surface area contributed by atoms with E-state index < -0.39 is 0 Å². The van der Waals surface area contributed by atoms with E-state index in [-0.39, 0.29) is 18.0 Å². The Balaban J connectivity index is 1.48. The molecule has 4 heterocycles. The molecule has 5 aromatic rings. The Labute approximate surface area is 208 Å². The van der Waals surface area contributed by atoms with E-state index in [1.807, 2.05) is 24.3 Å². The summed E-state index contributed by atoms with van der Waals surface area (Å²) in [6.45, 7) is 0.199. The molecule has 1 amide bonds. The minimum atomic E-state index is -0.234. The topological polar surface area (TPSA) is 121 Å². The van der Waals surface area contributed by atoms with Gasteiger partial charge < -0.3 is 11.1 Å². The lowest BCUT2D eigenvalue weighted by molar-refractivity contribution is 0.0954. The van der Waals surface area contributed by atoms with E-state index in [1.165, 1.54) is 17.4 Å². The van der Waals surface area contributed by atoms with Gasteiger partial charge in [-0.1, -0.05) is 22.9 Å². The molecular weight excluding hydrogens is 486 g/mol. The van der Waals surface area contributed by atoms with Gasteiger partial charge in [-0.3, -0.25) is 14.2 Å². The quantitative estimate of drug-likeness (QED) is 0.364. The van der Waals surface area contributed by atoms with Gasteiger partial charge >= 0.3 is 0 Å². The van der Waals surface area contributed by atoms with Gasteiger partial charge in [-0.2, -0.15) is 0 Å². The van der Waals surface area contributed by atoms with Crippen LogP contribution < -0.4 is 16.6 Å². The molecule has 174 valence electrons. The molecule has 0 radical (unpaired) electrons. The number of hydrogen-bond acceptors (Lipinski definition) is 7. The van der Waals surface area contributed by atoms with Crippen LogP contribution in [0.25, 0.3) is 22.5 Å². The molecule has 0 bridgehead atoms. The van der Waals surface area contributed by atoms with Crippen LogP contribution in [0.5, 0.6) is 0 Å². The third-order valence-corrected chi connectivity index (χ3v) is 6.42. The fourth-order valence-corrected chi connectivity index (χ4v) is 4.46. The Bertz CT molecular complexity index is 1570. The monoisotopic (exact) mass is 503 g/mol. The maximum absolute atomic E-state index is 12.4. The Morgan fingerprint density at radius 3 is 2.74 bits per heavy atom. The predicted molar refractivity (Wildman–Crippen MR) is 135 cm³/mol. The molecule has 0 saturated heterocycles. The summed E-state index contributed by atoms with van der Waals surface area (Å²) in [6.07, 6.45) is 5.11. The third kappa shape index (κ3) is 4.84. The summed E-state index contributed by atoms with van der Waals surface area (Å²) in [7, 11) is 0. The Kier molecular flexibility index (Phi) is 6.13. The first-order valence-electron chi connectivity index (χ1n) is 10.5. The lowest BCUT2D eigenvalue weighted by atomic mass is 10.0. The van der Waals surface area contributed by atoms with Crippen molar-refractivity contribution in [3.05, 3.63) is 105 Å². The van der Waals surface area contributed by atoms with E-state index in [0.717, 1.165) is 16.8 Å². The number of nitrogens with one attached hydrogen (secondary N) is 1. The molecule has 0 spiro atoms. The number of halogens is 1. The second-order valence-corrected chi connectivity index (χ2v) is 9.24. The number of anilines is 1. The van der Waals surface area contributed by atoms with Gasteiger partial charge in [0, 0.05) is 35.3 Å². The summed E-state index contributed by atoms with van der Waals surface area (Å²) >= 11 is 7.12. The molecule has 35 heavy (non-hydrogen) atoms. The fourth-order valence-electron chi connectivity index (χ4n) is 3.50. The standard InChI is InChI=1S/C24H18ClN7O2S/c25-21-8-7-20(35-21)24(34)28-13-16-14-32(30-29-16)19-6-5-17(31-10-2-1-3-23(31)33)11-18(19)15-4-9-22(26)27-12-15/h1-12,14H,13H2,(H2,26,27)(H,28,34). The van der Waals surface area contributed by atoms with E-state index in [1.54, 1.807) is 58.2 Å². The van der Waals surface area contributed by atoms with Crippen LogP contribution in [0.3, 0.4) is 0 Å². The maximum Gasteiger partial charge on any atom is 0.261 e. The van der Waals surface area contributed by atoms with E-state index in [0.29, 0.717) is 26.4 Å². The van der Waals surface area contributed by atoms with Crippen molar-refractivity contribution in [2.45, 2.75) is 6.54 Å². The zero-order valence-electron chi connectivity index (χ0n) is 18.1. The van der Waals surface area contributed by atoms with Crippen LogP contribution >= 0.6 is 22.9 Å². The van der Waals surface area contributed by atoms with E-state index in [2.05, 4.69) is 20.6 Å². The predicted octanol–water partition coefficient (Wildman–Crippen LogP) is 3.71. The summed E-state index contributed by atoms with van der Waals surface area (Å²) in [5.74, 6) is 0.166. The molecule has 4 aromatic heterocycles. The molecule has 3 N–H and O–H groups in total. The average Bonchev–Trinajstić information content (AvgIpc) is 3.52. The Morgan fingerprint density at radius 1 is 1.11 bits per heavy atom. The molecule has 11 heteroatoms. The number of aromatic nitrogens is 5. The number of thiophene rings is 1. The van der Waals surface area contributed by atoms with Crippen molar-refractivity contribution < 1.29 is 4.79 Å². The first-order chi connectivity index (χ1) is 17.0. The molecule has 0 atom stereocenters. The van der Waals surface area contributed by atoms with Gasteiger partial charge in [-0.15, -0.1) is 16.4 Å². The number of hydrogen-bond donors (Lipinski definition) is 2. The van der Waals surface area contributed by atoms with Crippen LogP contribution in [0.15, 0.2) is 84.0 Å². The van der Waals surface area contributed by atoms with Crippen molar-refractivity contribution in [1.29, 1.82) is 0 Å². The SMILES string of the molecule is Nc1ccc(-c2cc(-n3ccccc3=O)ccc2-n2cc(CNC(=O)c3ccc(Cl)s3)nn2)cn1. The normalized spacial score (nSPS) is 10.9. The van der Waals surface area contributed by atoms with Crippen LogP contribution in [0, 0.1) is 0 Å². The zero-order chi connectivity index (χ0) is 24.4. The van der Waals surface area contributed by atoms with E-state index >= 15 is 0 Å². The molecule has 9 nitrogen and oxygen atoms in total. The van der Waals surface area contributed by atoms with Gasteiger partial charge in [0.2, 0.25) is 0 Å². The first kappa shape index (κ1) is 22.5. The molecule has 0 fully saturated rings. The Hall–Kier alpha value is -4.28. The highest BCUT2D eigenvalue weighted by Gasteiger charge is 2.14. The van der Waals surface area contributed by atoms with Gasteiger partial charge in [0.05, 0.1) is 27.6 Å². The molecule has 0 saturated carbocycles. The molecular formula is C24H18ClN7O2S. The van der Waals surface area contributed by atoms with Crippen molar-refractivity contribution >= 4 is 34.7 Å². The molecule has 0 aliphatic rings. The number of carbonyl (C=O) groups excluding carboxylic acids is 1. The number of pyridine rings is 2. The van der Waals surface area contributed by atoms with Crippen molar-refractivity contribution in [2.75, 3.05) is 5.73 Å². The van der Waals surface area contributed by atoms with Crippen LogP contribution in [-0.4, -0.2) is 30.5 Å². The van der Waals surface area contributed by atoms with Crippen LogP contribution in [0.2, 0.25) is 4.34 Å². The number of benzene rings is 1. The number of rotatable bonds is 6. The van der Waals surface area contributed by atoms with Gasteiger partial charge in [0.25, 0.3) is 11.5 Å². The first-order valence-corrected chi connectivity index (χ1v) is 11.7. The molecule has 1 aromatic carbocycles. The van der Waals surface area contributed by atoms with E-state index in [9.17, 15) is 9.59 Å². The summed E-state index contributed by atoms with van der Waals surface area (Å²) in [5, 5.41) is 11.3. The molecule has 0 unspecified atom stereocenters. The largest absolute Gasteiger partial charge is 0.384 e. The van der Waals surface area contributed by atoms with Gasteiger partial charge in [-0.25, -0.2) is 9.67 Å². The number of amides is 1. The second-order valence-electron chi connectivity index (χ2n) is 7.52. The maximum atomic E-state index is 12.4. The van der Waals surface area contributed by atoms with Crippen molar-refractivity contribution in [2.24, 2.45) is 0 Å². The minimum Gasteiger partial charge on any atom is -0.384 e. The molecule has 0 aliphatic heterocycles. The summed E-state index contributed by atoms with van der Waals surface area (Å²) < 4.78 is 3.72. The van der Waals surface area contributed by atoms with Crippen LogP contribution in [0.1, 0.15) is 15.4 Å². The Morgan fingerprint density at radius 2 is 2.00 bits per heavy atom. The summed E-state index contributed by atoms with van der Waals surface area (Å²) in [4.78, 5) is 29.4. The number of nitrogens with zero attached hydrogens (tertiary/aromatic N) is 5. The number of nitrogens with two attached hydrogens (primary N) is 1. The fraction of sp³-hybridized carbons (Fsp3) is 0.0417. The highest BCUT2D eigenvalue weighted by Crippen LogP contribution is 2.29. The van der Waals surface area contributed by atoms with Gasteiger partial charge in [-0.05, 0) is 48.5 Å².